The highest BCUT2D eigenvalue weighted by molar-refractivity contribution is 7.90. The fraction of sp³-hybridized carbons (Fsp3) is 0.400. The molecule has 1 aliphatic rings. The van der Waals surface area contributed by atoms with Gasteiger partial charge in [0.05, 0.1) is 29.0 Å². The predicted molar refractivity (Wildman–Crippen MR) is 153 cm³/mol. The van der Waals surface area contributed by atoms with Crippen LogP contribution in [0.2, 0.25) is 0 Å². The molecule has 0 spiro atoms. The molecule has 2 aromatic carbocycles. The Balaban J connectivity index is 1.46. The number of ether oxygens (including phenoxy) is 3. The van der Waals surface area contributed by atoms with Gasteiger partial charge in [0.1, 0.15) is 30.0 Å². The molecule has 1 fully saturated rings. The number of pyridine rings is 1. The number of amides is 1. The van der Waals surface area contributed by atoms with Crippen LogP contribution in [0, 0.1) is 5.92 Å². The maximum absolute atomic E-state index is 14.1. The van der Waals surface area contributed by atoms with E-state index in [9.17, 15) is 26.4 Å². The number of rotatable bonds is 14. The van der Waals surface area contributed by atoms with E-state index in [0.29, 0.717) is 55.4 Å². The molecule has 13 heteroatoms. The van der Waals surface area contributed by atoms with Crippen molar-refractivity contribution in [1.82, 2.24) is 14.6 Å². The first kappa shape index (κ1) is 32.1. The summed E-state index contributed by atoms with van der Waals surface area (Å²) < 4.78 is 86.5. The monoisotopic (exact) mass is 621 g/mol. The zero-order chi connectivity index (χ0) is 31.2. The third kappa shape index (κ3) is 9.07. The molecule has 1 aliphatic carbocycles. The minimum atomic E-state index is -4.89. The summed E-state index contributed by atoms with van der Waals surface area (Å²) in [6.07, 6.45) is -1.61. The Morgan fingerprint density at radius 3 is 2.33 bits per heavy atom. The zero-order valence-corrected chi connectivity index (χ0v) is 24.9. The molecule has 1 amide bonds. The fourth-order valence-electron chi connectivity index (χ4n) is 3.97. The number of benzene rings is 2. The van der Waals surface area contributed by atoms with E-state index in [1.807, 2.05) is 23.7 Å². The molecule has 43 heavy (non-hydrogen) atoms. The van der Waals surface area contributed by atoms with Crippen LogP contribution in [-0.4, -0.2) is 58.1 Å². The Morgan fingerprint density at radius 1 is 1.05 bits per heavy atom. The molecule has 232 valence electrons. The normalized spacial score (nSPS) is 14.3. The second-order valence-electron chi connectivity index (χ2n) is 10.5. The number of alkyl halides is 3. The van der Waals surface area contributed by atoms with Gasteiger partial charge in [0.2, 0.25) is 0 Å². The van der Waals surface area contributed by atoms with Crippen molar-refractivity contribution >= 4 is 15.9 Å². The van der Waals surface area contributed by atoms with Crippen LogP contribution >= 0.6 is 0 Å². The van der Waals surface area contributed by atoms with E-state index in [0.717, 1.165) is 25.0 Å². The van der Waals surface area contributed by atoms with Crippen molar-refractivity contribution in [3.05, 3.63) is 77.6 Å². The molecule has 3 aromatic rings. The second-order valence-corrected chi connectivity index (χ2v) is 12.1. The molecular formula is C30H34F3N3O6S. The van der Waals surface area contributed by atoms with Gasteiger partial charge in [0, 0.05) is 12.1 Å². The molecule has 9 nitrogen and oxygen atoms in total. The summed E-state index contributed by atoms with van der Waals surface area (Å²) in [6.45, 7) is 3.38. The average Bonchev–Trinajstić information content (AvgIpc) is 3.79. The van der Waals surface area contributed by atoms with Crippen molar-refractivity contribution in [3.8, 4) is 17.2 Å². The van der Waals surface area contributed by atoms with Crippen LogP contribution in [0.25, 0.3) is 0 Å². The van der Waals surface area contributed by atoms with Crippen LogP contribution in [0.1, 0.15) is 53.9 Å². The number of sulfonamides is 1. The van der Waals surface area contributed by atoms with Crippen LogP contribution in [0.5, 0.6) is 17.2 Å². The Morgan fingerprint density at radius 2 is 1.74 bits per heavy atom. The minimum Gasteiger partial charge on any atom is -0.492 e. The highest BCUT2D eigenvalue weighted by Crippen LogP contribution is 2.39. The van der Waals surface area contributed by atoms with Crippen molar-refractivity contribution in [3.63, 3.8) is 0 Å². The molecule has 1 heterocycles. The third-order valence-electron chi connectivity index (χ3n) is 6.63. The molecule has 0 saturated heterocycles. The number of aromatic nitrogens is 1. The predicted octanol–water partition coefficient (Wildman–Crippen LogP) is 5.48. The van der Waals surface area contributed by atoms with Gasteiger partial charge in [-0.3, -0.25) is 9.78 Å². The van der Waals surface area contributed by atoms with Crippen molar-refractivity contribution in [2.75, 3.05) is 33.9 Å². The lowest BCUT2D eigenvalue weighted by molar-refractivity contribution is -0.139. The summed E-state index contributed by atoms with van der Waals surface area (Å²) in [4.78, 5) is 18.8. The lowest BCUT2D eigenvalue weighted by Gasteiger charge is -2.21. The molecule has 1 saturated carbocycles. The molecule has 0 unspecified atom stereocenters. The smallest absolute Gasteiger partial charge is 0.419 e. The number of nitrogens with one attached hydrogen (secondary N) is 1. The first-order valence-electron chi connectivity index (χ1n) is 13.8. The fourth-order valence-corrected chi connectivity index (χ4v) is 4.94. The van der Waals surface area contributed by atoms with E-state index in [1.54, 1.807) is 19.1 Å². The first-order chi connectivity index (χ1) is 20.4. The topological polar surface area (TPSA) is 107 Å². The Labute approximate surface area is 249 Å². The molecule has 0 bridgehead atoms. The van der Waals surface area contributed by atoms with Crippen molar-refractivity contribution < 1.29 is 40.6 Å². The van der Waals surface area contributed by atoms with Crippen LogP contribution in [0.15, 0.2) is 65.7 Å². The summed E-state index contributed by atoms with van der Waals surface area (Å²) in [5.74, 6) is -0.188. The van der Waals surface area contributed by atoms with Gasteiger partial charge in [-0.1, -0.05) is 6.92 Å². The lowest BCUT2D eigenvalue weighted by atomic mass is 10.1. The van der Waals surface area contributed by atoms with Crippen molar-refractivity contribution in [1.29, 1.82) is 0 Å². The second kappa shape index (κ2) is 13.6. The summed E-state index contributed by atoms with van der Waals surface area (Å²) in [5.41, 5.74) is -1.31. The van der Waals surface area contributed by atoms with Crippen molar-refractivity contribution in [2.24, 2.45) is 5.92 Å². The molecule has 4 rings (SSSR count). The number of halogens is 3. The SMILES string of the molecule is CC[C@@H](Oc1ccc(C(=O)NS(=O)(=O)c2ccc(OCCN(C)C)cc2)cc1C(F)(F)F)c1ccc(OCC2CC2)cn1. The minimum absolute atomic E-state index is 0.251. The number of nitrogens with zero attached hydrogens (tertiary/aromatic N) is 2. The van der Waals surface area contributed by atoms with E-state index in [4.69, 9.17) is 14.2 Å². The number of likely N-dealkylation sites (N-methyl/N-ethyl adjacent to an activating group) is 1. The zero-order valence-electron chi connectivity index (χ0n) is 24.1. The van der Waals surface area contributed by atoms with Gasteiger partial charge in [-0.05, 0) is 93.9 Å². The third-order valence-corrected chi connectivity index (χ3v) is 7.97. The number of hydrogen-bond donors (Lipinski definition) is 1. The van der Waals surface area contributed by atoms with Gasteiger partial charge >= 0.3 is 6.18 Å². The maximum atomic E-state index is 14.1. The highest BCUT2D eigenvalue weighted by Gasteiger charge is 2.36. The Kier molecular flexibility index (Phi) is 10.2. The molecule has 0 aliphatic heterocycles. The van der Waals surface area contributed by atoms with E-state index in [2.05, 4.69) is 4.98 Å². The summed E-state index contributed by atoms with van der Waals surface area (Å²) in [6, 6.07) is 11.3. The quantitative estimate of drug-likeness (QED) is 0.252. The van der Waals surface area contributed by atoms with Gasteiger partial charge < -0.3 is 19.1 Å². The van der Waals surface area contributed by atoms with Gasteiger partial charge in [-0.25, -0.2) is 13.1 Å². The number of hydrogen-bond acceptors (Lipinski definition) is 8. The maximum Gasteiger partial charge on any atom is 0.419 e. The van der Waals surface area contributed by atoms with Gasteiger partial charge in [0.25, 0.3) is 15.9 Å². The average molecular weight is 622 g/mol. The van der Waals surface area contributed by atoms with Gasteiger partial charge in [-0.2, -0.15) is 13.2 Å². The number of carbonyl (C=O) groups is 1. The Hall–Kier alpha value is -3.84. The van der Waals surface area contributed by atoms with Crippen molar-refractivity contribution in [2.45, 2.75) is 43.4 Å². The summed E-state index contributed by atoms with van der Waals surface area (Å²) in [7, 11) is -0.619. The van der Waals surface area contributed by atoms with Gasteiger partial charge in [-0.15, -0.1) is 0 Å². The molecule has 1 aromatic heterocycles. The van der Waals surface area contributed by atoms with Crippen LogP contribution in [0.3, 0.4) is 0 Å². The summed E-state index contributed by atoms with van der Waals surface area (Å²) >= 11 is 0. The first-order valence-corrected chi connectivity index (χ1v) is 15.3. The lowest BCUT2D eigenvalue weighted by Crippen LogP contribution is -2.30. The Bertz CT molecular complexity index is 1490. The van der Waals surface area contributed by atoms with Crippen LogP contribution in [0.4, 0.5) is 13.2 Å². The standard InChI is InChI=1S/C30H34F3N3O6S/c1-4-27(26-13-10-23(18-34-26)41-19-20-5-6-20)42-28-14-7-21(17-25(28)30(31,32)33)29(37)35-43(38,39)24-11-8-22(9-12-24)40-16-15-36(2)3/h7-14,17-18,20,27H,4-6,15-16,19H2,1-3H3,(H,35,37)/t27-/m1/s1. The van der Waals surface area contributed by atoms with E-state index >= 15 is 0 Å². The molecular weight excluding hydrogens is 587 g/mol. The van der Waals surface area contributed by atoms with E-state index < -0.39 is 45.1 Å². The number of carbonyl (C=O) groups excluding carboxylic acids is 1. The van der Waals surface area contributed by atoms with Gasteiger partial charge in [0.15, 0.2) is 0 Å². The summed E-state index contributed by atoms with van der Waals surface area (Å²) in [5, 5.41) is 0. The molecule has 1 N–H and O–H groups in total. The molecule has 0 radical (unpaired) electrons. The van der Waals surface area contributed by atoms with Crippen LogP contribution in [-0.2, 0) is 16.2 Å². The van der Waals surface area contributed by atoms with E-state index in [-0.39, 0.29) is 4.90 Å². The van der Waals surface area contributed by atoms with Crippen LogP contribution < -0.4 is 18.9 Å². The van der Waals surface area contributed by atoms with E-state index in [1.165, 1.54) is 30.5 Å². The largest absolute Gasteiger partial charge is 0.492 e. The molecule has 1 atom stereocenters. The highest BCUT2D eigenvalue weighted by atomic mass is 32.2.